The van der Waals surface area contributed by atoms with Gasteiger partial charge in [0, 0.05) is 43.5 Å². The second-order valence-corrected chi connectivity index (χ2v) is 8.04. The molecule has 1 amide bonds. The molecule has 3 rings (SSSR count). The lowest BCUT2D eigenvalue weighted by molar-refractivity contribution is 0.0696. The fraction of sp³-hybridized carbons (Fsp3) is 0.545. The Bertz CT molecular complexity index is 799. The van der Waals surface area contributed by atoms with E-state index in [4.69, 9.17) is 0 Å². The lowest BCUT2D eigenvalue weighted by Crippen LogP contribution is -2.45. The lowest BCUT2D eigenvalue weighted by atomic mass is 10.0. The number of halogens is 1. The van der Waals surface area contributed by atoms with Gasteiger partial charge in [0.2, 0.25) is 0 Å². The Labute approximate surface area is 166 Å². The minimum absolute atomic E-state index is 0.0164. The molecular weight excluding hydrogens is 355 g/mol. The average Bonchev–Trinajstić information content (AvgIpc) is 2.91. The minimum atomic E-state index is -0.211. The molecule has 0 saturated carbocycles. The summed E-state index contributed by atoms with van der Waals surface area (Å²) in [7, 11) is 0. The molecule has 1 aliphatic heterocycles. The summed E-state index contributed by atoms with van der Waals surface area (Å²) in [6.45, 7) is 11.5. The van der Waals surface area contributed by atoms with Gasteiger partial charge in [0.1, 0.15) is 5.82 Å². The van der Waals surface area contributed by atoms with Crippen molar-refractivity contribution in [1.29, 1.82) is 0 Å². The van der Waals surface area contributed by atoms with Gasteiger partial charge in [-0.25, -0.2) is 4.39 Å². The zero-order valence-electron chi connectivity index (χ0n) is 17.3. The first-order valence-electron chi connectivity index (χ1n) is 10.2. The van der Waals surface area contributed by atoms with Gasteiger partial charge in [0.25, 0.3) is 5.91 Å². The fourth-order valence-corrected chi connectivity index (χ4v) is 4.04. The van der Waals surface area contributed by atoms with E-state index in [2.05, 4.69) is 35.9 Å². The third-order valence-corrected chi connectivity index (χ3v) is 5.77. The maximum absolute atomic E-state index is 13.2. The molecule has 1 N–H and O–H groups in total. The van der Waals surface area contributed by atoms with Crippen molar-refractivity contribution in [3.05, 3.63) is 52.6 Å². The molecule has 0 spiro atoms. The van der Waals surface area contributed by atoms with Crippen molar-refractivity contribution in [3.8, 4) is 0 Å². The van der Waals surface area contributed by atoms with E-state index in [1.165, 1.54) is 12.1 Å². The molecule has 6 heteroatoms. The second kappa shape index (κ2) is 8.86. The topological polar surface area (TPSA) is 52.2 Å². The standard InChI is InChI=1S/C22H31FN4O/c1-5-19-16(4)21(25-24-19)22(28)27-12-6-11-26(20(14-27)15(2)3)13-17-7-9-18(23)10-8-17/h7-10,15,20H,5-6,11-14H2,1-4H3,(H,24,25)/t20-/m1/s1. The van der Waals surface area contributed by atoms with Crippen LogP contribution in [0.15, 0.2) is 24.3 Å². The Morgan fingerprint density at radius 2 is 2.00 bits per heavy atom. The summed E-state index contributed by atoms with van der Waals surface area (Å²) in [5.74, 6) is 0.209. The van der Waals surface area contributed by atoms with Crippen molar-refractivity contribution >= 4 is 5.91 Å². The number of aryl methyl sites for hydroxylation is 1. The number of rotatable bonds is 5. The number of H-pyrrole nitrogens is 1. The van der Waals surface area contributed by atoms with Crippen LogP contribution in [0.5, 0.6) is 0 Å². The molecular formula is C22H31FN4O. The number of nitrogens with zero attached hydrogens (tertiary/aromatic N) is 3. The normalized spacial score (nSPS) is 18.5. The first-order valence-corrected chi connectivity index (χ1v) is 10.2. The van der Waals surface area contributed by atoms with Gasteiger partial charge in [0.15, 0.2) is 5.69 Å². The molecule has 2 aromatic rings. The van der Waals surface area contributed by atoms with Crippen LogP contribution in [-0.2, 0) is 13.0 Å². The van der Waals surface area contributed by atoms with Crippen LogP contribution in [0.2, 0.25) is 0 Å². The quantitative estimate of drug-likeness (QED) is 0.851. The molecule has 0 aliphatic carbocycles. The van der Waals surface area contributed by atoms with Crippen molar-refractivity contribution in [1.82, 2.24) is 20.0 Å². The van der Waals surface area contributed by atoms with Gasteiger partial charge in [-0.15, -0.1) is 0 Å². The van der Waals surface area contributed by atoms with Crippen LogP contribution >= 0.6 is 0 Å². The van der Waals surface area contributed by atoms with Gasteiger partial charge in [-0.2, -0.15) is 5.10 Å². The van der Waals surface area contributed by atoms with Gasteiger partial charge >= 0.3 is 0 Å². The van der Waals surface area contributed by atoms with E-state index < -0.39 is 0 Å². The van der Waals surface area contributed by atoms with Crippen LogP contribution in [0.25, 0.3) is 0 Å². The maximum Gasteiger partial charge on any atom is 0.274 e. The third kappa shape index (κ3) is 4.43. The number of benzene rings is 1. The predicted molar refractivity (Wildman–Crippen MR) is 109 cm³/mol. The molecule has 0 radical (unpaired) electrons. The van der Waals surface area contributed by atoms with E-state index in [0.29, 0.717) is 18.2 Å². The number of nitrogens with one attached hydrogen (secondary N) is 1. The summed E-state index contributed by atoms with van der Waals surface area (Å²) in [6, 6.07) is 6.97. The van der Waals surface area contributed by atoms with Crippen LogP contribution < -0.4 is 0 Å². The van der Waals surface area contributed by atoms with Crippen molar-refractivity contribution in [2.75, 3.05) is 19.6 Å². The monoisotopic (exact) mass is 386 g/mol. The number of carbonyl (C=O) groups excluding carboxylic acids is 1. The molecule has 2 heterocycles. The number of carbonyl (C=O) groups is 1. The SMILES string of the molecule is CCc1[nH]nc(C(=O)N2CCCN(Cc3ccc(F)cc3)[C@@H](C(C)C)C2)c1C. The Morgan fingerprint density at radius 1 is 1.29 bits per heavy atom. The molecule has 1 atom stereocenters. The van der Waals surface area contributed by atoms with Crippen LogP contribution in [0.4, 0.5) is 4.39 Å². The average molecular weight is 387 g/mol. The number of aromatic nitrogens is 2. The molecule has 152 valence electrons. The zero-order chi connectivity index (χ0) is 20.3. The van der Waals surface area contributed by atoms with Crippen LogP contribution in [0, 0.1) is 18.7 Å². The fourth-order valence-electron chi connectivity index (χ4n) is 4.04. The summed E-state index contributed by atoms with van der Waals surface area (Å²) in [5.41, 5.74) is 3.63. The first kappa shape index (κ1) is 20.5. The van der Waals surface area contributed by atoms with Crippen molar-refractivity contribution in [2.45, 2.75) is 53.1 Å². The number of amides is 1. The van der Waals surface area contributed by atoms with E-state index in [1.54, 1.807) is 0 Å². The smallest absolute Gasteiger partial charge is 0.274 e. The van der Waals surface area contributed by atoms with Gasteiger partial charge < -0.3 is 4.90 Å². The molecule has 28 heavy (non-hydrogen) atoms. The van der Waals surface area contributed by atoms with Gasteiger partial charge in [-0.1, -0.05) is 32.9 Å². The minimum Gasteiger partial charge on any atom is -0.336 e. The first-order chi connectivity index (χ1) is 13.4. The van der Waals surface area contributed by atoms with E-state index in [9.17, 15) is 9.18 Å². The van der Waals surface area contributed by atoms with Crippen LogP contribution in [0.3, 0.4) is 0 Å². The highest BCUT2D eigenvalue weighted by atomic mass is 19.1. The van der Waals surface area contributed by atoms with Crippen LogP contribution in [0.1, 0.15) is 54.5 Å². The van der Waals surface area contributed by atoms with Crippen molar-refractivity contribution in [2.24, 2.45) is 5.92 Å². The van der Waals surface area contributed by atoms with Crippen LogP contribution in [-0.4, -0.2) is 51.6 Å². The summed E-state index contributed by atoms with van der Waals surface area (Å²) in [5, 5.41) is 7.29. The Balaban J connectivity index is 1.77. The summed E-state index contributed by atoms with van der Waals surface area (Å²) < 4.78 is 13.2. The molecule has 1 aromatic heterocycles. The lowest BCUT2D eigenvalue weighted by Gasteiger charge is -2.34. The molecule has 0 unspecified atom stereocenters. The third-order valence-electron chi connectivity index (χ3n) is 5.77. The number of aromatic amines is 1. The molecule has 1 aliphatic rings. The van der Waals surface area contributed by atoms with Crippen molar-refractivity contribution < 1.29 is 9.18 Å². The summed E-state index contributed by atoms with van der Waals surface area (Å²) in [6.07, 6.45) is 1.76. The molecule has 0 bridgehead atoms. The molecule has 1 aromatic carbocycles. The Hall–Kier alpha value is -2.21. The van der Waals surface area contributed by atoms with E-state index in [1.807, 2.05) is 24.0 Å². The number of hydrogen-bond acceptors (Lipinski definition) is 3. The van der Waals surface area contributed by atoms with Gasteiger partial charge in [-0.05, 0) is 43.4 Å². The van der Waals surface area contributed by atoms with Gasteiger partial charge in [-0.3, -0.25) is 14.8 Å². The Morgan fingerprint density at radius 3 is 2.61 bits per heavy atom. The van der Waals surface area contributed by atoms with E-state index >= 15 is 0 Å². The van der Waals surface area contributed by atoms with E-state index in [-0.39, 0.29) is 17.8 Å². The maximum atomic E-state index is 13.2. The van der Waals surface area contributed by atoms with E-state index in [0.717, 1.165) is 49.3 Å². The highest BCUT2D eigenvalue weighted by Crippen LogP contribution is 2.22. The summed E-state index contributed by atoms with van der Waals surface area (Å²) >= 11 is 0. The predicted octanol–water partition coefficient (Wildman–Crippen LogP) is 3.79. The largest absolute Gasteiger partial charge is 0.336 e. The molecule has 1 saturated heterocycles. The summed E-state index contributed by atoms with van der Waals surface area (Å²) in [4.78, 5) is 17.5. The highest BCUT2D eigenvalue weighted by Gasteiger charge is 2.31. The van der Waals surface area contributed by atoms with Crippen molar-refractivity contribution in [3.63, 3.8) is 0 Å². The second-order valence-electron chi connectivity index (χ2n) is 8.04. The van der Waals surface area contributed by atoms with Gasteiger partial charge in [0.05, 0.1) is 0 Å². The zero-order valence-corrected chi connectivity index (χ0v) is 17.3. The number of hydrogen-bond donors (Lipinski definition) is 1. The molecule has 1 fully saturated rings. The molecule has 5 nitrogen and oxygen atoms in total. The highest BCUT2D eigenvalue weighted by molar-refractivity contribution is 5.94. The Kier molecular flexibility index (Phi) is 6.50.